The molecule has 0 aromatic carbocycles. The number of piperazine rings is 1. The molecule has 1 aliphatic heterocycles. The van der Waals surface area contributed by atoms with E-state index in [1.165, 1.54) is 11.3 Å². The lowest BCUT2D eigenvalue weighted by molar-refractivity contribution is 0.0992. The van der Waals surface area contributed by atoms with Gasteiger partial charge < -0.3 is 14.5 Å². The van der Waals surface area contributed by atoms with Crippen molar-refractivity contribution >= 4 is 23.3 Å². The molecule has 1 amide bonds. The summed E-state index contributed by atoms with van der Waals surface area (Å²) >= 11 is 1.40. The molecule has 0 saturated carbocycles. The number of likely N-dealkylation sites (N-methyl/N-ethyl adjacent to an activating group) is 1. The van der Waals surface area contributed by atoms with E-state index in [2.05, 4.69) is 21.8 Å². The van der Waals surface area contributed by atoms with Crippen molar-refractivity contribution in [2.24, 2.45) is 4.99 Å². The highest BCUT2D eigenvalue weighted by Gasteiger charge is 2.20. The van der Waals surface area contributed by atoms with E-state index in [9.17, 15) is 4.79 Å². The van der Waals surface area contributed by atoms with Gasteiger partial charge in [-0.3, -0.25) is 4.79 Å². The lowest BCUT2D eigenvalue weighted by Gasteiger charge is -2.33. The van der Waals surface area contributed by atoms with Crippen LogP contribution >= 0.6 is 11.3 Å². The Bertz CT molecular complexity index is 451. The average Bonchev–Trinajstić information content (AvgIpc) is 2.98. The molecule has 20 heavy (non-hydrogen) atoms. The first-order valence-corrected chi connectivity index (χ1v) is 7.81. The Morgan fingerprint density at radius 2 is 2.15 bits per heavy atom. The standard InChI is InChI=1S/C14H21N3O2S/c1-3-10-19-14(17-8-6-16(2)7-9-17)15-13(18)12-5-4-11-20-12/h4-5,11H,3,6-10H2,1-2H3. The predicted octanol–water partition coefficient (Wildman–Crippen LogP) is 1.92. The van der Waals surface area contributed by atoms with Crippen LogP contribution in [0.2, 0.25) is 0 Å². The molecule has 5 nitrogen and oxygen atoms in total. The van der Waals surface area contributed by atoms with Crippen LogP contribution in [0.15, 0.2) is 22.5 Å². The van der Waals surface area contributed by atoms with Crippen molar-refractivity contribution in [2.75, 3.05) is 39.8 Å². The van der Waals surface area contributed by atoms with Gasteiger partial charge >= 0.3 is 0 Å². The summed E-state index contributed by atoms with van der Waals surface area (Å²) in [6, 6.07) is 4.12. The van der Waals surface area contributed by atoms with Crippen molar-refractivity contribution in [3.05, 3.63) is 22.4 Å². The third-order valence-electron chi connectivity index (χ3n) is 3.14. The maximum Gasteiger partial charge on any atom is 0.295 e. The van der Waals surface area contributed by atoms with Crippen LogP contribution in [-0.4, -0.2) is 61.6 Å². The second kappa shape index (κ2) is 7.40. The second-order valence-corrected chi connectivity index (χ2v) is 5.76. The summed E-state index contributed by atoms with van der Waals surface area (Å²) in [5.41, 5.74) is 0. The first-order chi connectivity index (χ1) is 9.70. The fraction of sp³-hybridized carbons (Fsp3) is 0.571. The van der Waals surface area contributed by atoms with Gasteiger partial charge in [-0.2, -0.15) is 4.99 Å². The van der Waals surface area contributed by atoms with Crippen LogP contribution in [0.5, 0.6) is 0 Å². The minimum Gasteiger partial charge on any atom is -0.465 e. The van der Waals surface area contributed by atoms with Gasteiger partial charge in [0.2, 0.25) is 0 Å². The molecular formula is C14H21N3O2S. The Kier molecular flexibility index (Phi) is 5.55. The molecule has 0 radical (unpaired) electrons. The SMILES string of the molecule is CCCOC(=NC(=O)c1cccs1)N1CCN(C)CC1. The molecule has 1 fully saturated rings. The molecule has 1 aromatic heterocycles. The number of hydrogen-bond donors (Lipinski definition) is 0. The molecule has 1 aromatic rings. The van der Waals surface area contributed by atoms with Crippen LogP contribution in [-0.2, 0) is 4.74 Å². The lowest BCUT2D eigenvalue weighted by atomic mass is 10.3. The van der Waals surface area contributed by atoms with Crippen molar-refractivity contribution in [2.45, 2.75) is 13.3 Å². The number of amidine groups is 1. The fourth-order valence-electron chi connectivity index (χ4n) is 1.93. The fourth-order valence-corrected chi connectivity index (χ4v) is 2.53. The van der Waals surface area contributed by atoms with Gasteiger partial charge in [0.25, 0.3) is 11.9 Å². The van der Waals surface area contributed by atoms with Crippen molar-refractivity contribution in [1.82, 2.24) is 9.80 Å². The minimum atomic E-state index is -0.218. The normalized spacial score (nSPS) is 17.3. The smallest absolute Gasteiger partial charge is 0.295 e. The van der Waals surface area contributed by atoms with Crippen LogP contribution in [0.25, 0.3) is 0 Å². The third-order valence-corrected chi connectivity index (χ3v) is 4.00. The number of thiophene rings is 1. The van der Waals surface area contributed by atoms with Gasteiger partial charge in [-0.05, 0) is 24.9 Å². The number of hydrogen-bond acceptors (Lipinski definition) is 4. The summed E-state index contributed by atoms with van der Waals surface area (Å²) in [6.45, 7) is 6.24. The molecule has 1 aliphatic rings. The van der Waals surface area contributed by atoms with Crippen LogP contribution in [0, 0.1) is 0 Å². The summed E-state index contributed by atoms with van der Waals surface area (Å²) in [7, 11) is 2.10. The molecule has 0 atom stereocenters. The molecular weight excluding hydrogens is 274 g/mol. The molecule has 0 aliphatic carbocycles. The number of carbonyl (C=O) groups is 1. The zero-order chi connectivity index (χ0) is 14.4. The maximum absolute atomic E-state index is 12.1. The summed E-state index contributed by atoms with van der Waals surface area (Å²) in [5, 5.41) is 1.88. The monoisotopic (exact) mass is 295 g/mol. The lowest BCUT2D eigenvalue weighted by Crippen LogP contribution is -2.48. The highest BCUT2D eigenvalue weighted by Crippen LogP contribution is 2.11. The maximum atomic E-state index is 12.1. The number of aliphatic imine (C=N–C) groups is 1. The van der Waals surface area contributed by atoms with Crippen LogP contribution < -0.4 is 0 Å². The highest BCUT2D eigenvalue weighted by atomic mass is 32.1. The quantitative estimate of drug-likeness (QED) is 0.631. The Labute approximate surface area is 123 Å². The van der Waals surface area contributed by atoms with E-state index in [1.54, 1.807) is 6.07 Å². The Morgan fingerprint density at radius 3 is 2.75 bits per heavy atom. The van der Waals surface area contributed by atoms with E-state index >= 15 is 0 Å². The van der Waals surface area contributed by atoms with Gasteiger partial charge in [0, 0.05) is 26.2 Å². The van der Waals surface area contributed by atoms with Crippen molar-refractivity contribution in [1.29, 1.82) is 0 Å². The summed E-state index contributed by atoms with van der Waals surface area (Å²) in [6.07, 6.45) is 0.903. The topological polar surface area (TPSA) is 45.1 Å². The summed E-state index contributed by atoms with van der Waals surface area (Å²) in [4.78, 5) is 21.2. The van der Waals surface area contributed by atoms with Crippen LogP contribution in [0.1, 0.15) is 23.0 Å². The highest BCUT2D eigenvalue weighted by molar-refractivity contribution is 7.12. The number of carbonyl (C=O) groups excluding carboxylic acids is 1. The molecule has 6 heteroatoms. The van der Waals surface area contributed by atoms with Gasteiger partial charge in [-0.1, -0.05) is 13.0 Å². The van der Waals surface area contributed by atoms with Gasteiger partial charge in [0.05, 0.1) is 11.5 Å². The molecule has 0 bridgehead atoms. The number of ether oxygens (including phenoxy) is 1. The third kappa shape index (κ3) is 4.05. The Hall–Kier alpha value is -1.40. The molecule has 110 valence electrons. The summed E-state index contributed by atoms with van der Waals surface area (Å²) < 4.78 is 5.68. The van der Waals surface area contributed by atoms with E-state index in [4.69, 9.17) is 4.74 Å². The molecule has 1 saturated heterocycles. The first-order valence-electron chi connectivity index (χ1n) is 6.93. The van der Waals surface area contributed by atoms with E-state index in [-0.39, 0.29) is 5.91 Å². The van der Waals surface area contributed by atoms with Crippen molar-refractivity contribution < 1.29 is 9.53 Å². The summed E-state index contributed by atoms with van der Waals surface area (Å²) in [5.74, 6) is -0.218. The van der Waals surface area contributed by atoms with E-state index < -0.39 is 0 Å². The van der Waals surface area contributed by atoms with Gasteiger partial charge in [-0.25, -0.2) is 0 Å². The van der Waals surface area contributed by atoms with Crippen LogP contribution in [0.4, 0.5) is 0 Å². The molecule has 2 heterocycles. The van der Waals surface area contributed by atoms with Gasteiger partial charge in [-0.15, -0.1) is 11.3 Å². The van der Waals surface area contributed by atoms with Crippen LogP contribution in [0.3, 0.4) is 0 Å². The van der Waals surface area contributed by atoms with E-state index in [0.717, 1.165) is 32.6 Å². The number of rotatable bonds is 3. The zero-order valence-electron chi connectivity index (χ0n) is 12.0. The second-order valence-electron chi connectivity index (χ2n) is 4.82. The molecule has 0 spiro atoms. The van der Waals surface area contributed by atoms with E-state index in [1.807, 2.05) is 18.4 Å². The zero-order valence-corrected chi connectivity index (χ0v) is 12.9. The Balaban J connectivity index is 2.08. The van der Waals surface area contributed by atoms with Crippen molar-refractivity contribution in [3.8, 4) is 0 Å². The van der Waals surface area contributed by atoms with E-state index in [0.29, 0.717) is 17.5 Å². The molecule has 2 rings (SSSR count). The number of amides is 1. The van der Waals surface area contributed by atoms with Gasteiger partial charge in [0.1, 0.15) is 0 Å². The predicted molar refractivity (Wildman–Crippen MR) is 81.4 cm³/mol. The molecule has 0 N–H and O–H groups in total. The number of nitrogens with zero attached hydrogens (tertiary/aromatic N) is 3. The average molecular weight is 295 g/mol. The molecule has 0 unspecified atom stereocenters. The van der Waals surface area contributed by atoms with Crippen molar-refractivity contribution in [3.63, 3.8) is 0 Å². The van der Waals surface area contributed by atoms with Gasteiger partial charge in [0.15, 0.2) is 0 Å². The minimum absolute atomic E-state index is 0.218. The first kappa shape index (κ1) is 15.0. The largest absolute Gasteiger partial charge is 0.465 e. The Morgan fingerprint density at radius 1 is 1.40 bits per heavy atom.